The van der Waals surface area contributed by atoms with Crippen LogP contribution in [0.25, 0.3) is 11.6 Å². The SMILES string of the molecule is C=C(C)c1ccc(/C=C\C)c(C)c1. The molecule has 1 rings (SSSR count). The summed E-state index contributed by atoms with van der Waals surface area (Å²) in [5.74, 6) is 0. The molecule has 1 aromatic rings. The van der Waals surface area contributed by atoms with Crippen molar-refractivity contribution in [3.8, 4) is 0 Å². The van der Waals surface area contributed by atoms with Crippen LogP contribution in [-0.2, 0) is 0 Å². The smallest absolute Gasteiger partial charge is 0.0230 e. The van der Waals surface area contributed by atoms with Crippen LogP contribution in [0.5, 0.6) is 0 Å². The van der Waals surface area contributed by atoms with Crippen molar-refractivity contribution in [2.24, 2.45) is 0 Å². The molecule has 0 nitrogen and oxygen atoms in total. The minimum absolute atomic E-state index is 1.12. The molecule has 0 radical (unpaired) electrons. The number of benzene rings is 1. The van der Waals surface area contributed by atoms with E-state index in [1.807, 2.05) is 13.8 Å². The van der Waals surface area contributed by atoms with Crippen molar-refractivity contribution in [3.63, 3.8) is 0 Å². The van der Waals surface area contributed by atoms with Crippen molar-refractivity contribution in [1.82, 2.24) is 0 Å². The van der Waals surface area contributed by atoms with E-state index in [2.05, 4.69) is 43.9 Å². The first-order chi connectivity index (χ1) is 6.15. The lowest BCUT2D eigenvalue weighted by molar-refractivity contribution is 1.41. The summed E-state index contributed by atoms with van der Waals surface area (Å²) in [5, 5.41) is 0. The first kappa shape index (κ1) is 9.79. The maximum atomic E-state index is 3.92. The Morgan fingerprint density at radius 2 is 2.08 bits per heavy atom. The summed E-state index contributed by atoms with van der Waals surface area (Å²) in [4.78, 5) is 0. The molecule has 0 spiro atoms. The van der Waals surface area contributed by atoms with E-state index >= 15 is 0 Å². The second kappa shape index (κ2) is 4.08. The van der Waals surface area contributed by atoms with Gasteiger partial charge in [0.15, 0.2) is 0 Å². The van der Waals surface area contributed by atoms with Crippen LogP contribution in [0.1, 0.15) is 30.5 Å². The van der Waals surface area contributed by atoms with Crippen LogP contribution >= 0.6 is 0 Å². The molecule has 0 unspecified atom stereocenters. The molecule has 0 atom stereocenters. The van der Waals surface area contributed by atoms with Crippen LogP contribution in [0.4, 0.5) is 0 Å². The highest BCUT2D eigenvalue weighted by atomic mass is 14.0. The molecule has 0 N–H and O–H groups in total. The van der Waals surface area contributed by atoms with E-state index in [-0.39, 0.29) is 0 Å². The van der Waals surface area contributed by atoms with Crippen molar-refractivity contribution in [2.75, 3.05) is 0 Å². The molecule has 0 aliphatic heterocycles. The van der Waals surface area contributed by atoms with Gasteiger partial charge in [0, 0.05) is 0 Å². The highest BCUT2D eigenvalue weighted by molar-refractivity contribution is 5.65. The molecule has 0 saturated carbocycles. The van der Waals surface area contributed by atoms with Gasteiger partial charge in [-0.2, -0.15) is 0 Å². The predicted octanol–water partition coefficient (Wildman–Crippen LogP) is 4.06. The average molecular weight is 172 g/mol. The van der Waals surface area contributed by atoms with Crippen LogP contribution in [0.3, 0.4) is 0 Å². The van der Waals surface area contributed by atoms with Crippen LogP contribution in [0.2, 0.25) is 0 Å². The first-order valence-corrected chi connectivity index (χ1v) is 4.54. The van der Waals surface area contributed by atoms with Gasteiger partial charge in [-0.25, -0.2) is 0 Å². The summed E-state index contributed by atoms with van der Waals surface area (Å²) in [7, 11) is 0. The number of hydrogen-bond donors (Lipinski definition) is 0. The van der Waals surface area contributed by atoms with E-state index < -0.39 is 0 Å². The van der Waals surface area contributed by atoms with Gasteiger partial charge in [0.1, 0.15) is 0 Å². The number of aryl methyl sites for hydroxylation is 1. The zero-order valence-corrected chi connectivity index (χ0v) is 8.59. The molecular weight excluding hydrogens is 156 g/mol. The molecule has 0 aromatic heterocycles. The maximum absolute atomic E-state index is 3.92. The van der Waals surface area contributed by atoms with E-state index in [1.165, 1.54) is 16.7 Å². The Labute approximate surface area is 80.6 Å². The average Bonchev–Trinajstić information content (AvgIpc) is 2.08. The normalized spacial score (nSPS) is 10.7. The van der Waals surface area contributed by atoms with Crippen molar-refractivity contribution < 1.29 is 0 Å². The molecule has 0 heterocycles. The van der Waals surface area contributed by atoms with Crippen LogP contribution in [0.15, 0.2) is 30.9 Å². The molecule has 0 heteroatoms. The fourth-order valence-corrected chi connectivity index (χ4v) is 1.31. The van der Waals surface area contributed by atoms with Crippen LogP contribution in [0, 0.1) is 6.92 Å². The Morgan fingerprint density at radius 1 is 1.38 bits per heavy atom. The Morgan fingerprint density at radius 3 is 2.54 bits per heavy atom. The molecule has 1 aromatic carbocycles. The molecule has 13 heavy (non-hydrogen) atoms. The second-order valence-electron chi connectivity index (χ2n) is 3.35. The molecule has 0 amide bonds. The molecule has 0 aliphatic carbocycles. The maximum Gasteiger partial charge on any atom is -0.0230 e. The summed E-state index contributed by atoms with van der Waals surface area (Å²) < 4.78 is 0. The van der Waals surface area contributed by atoms with E-state index in [9.17, 15) is 0 Å². The van der Waals surface area contributed by atoms with E-state index in [4.69, 9.17) is 0 Å². The van der Waals surface area contributed by atoms with Gasteiger partial charge in [-0.1, -0.05) is 42.5 Å². The molecular formula is C13H16. The van der Waals surface area contributed by atoms with Crippen molar-refractivity contribution in [1.29, 1.82) is 0 Å². The topological polar surface area (TPSA) is 0 Å². The van der Waals surface area contributed by atoms with Gasteiger partial charge < -0.3 is 0 Å². The van der Waals surface area contributed by atoms with Gasteiger partial charge in [0.05, 0.1) is 0 Å². The van der Waals surface area contributed by atoms with Gasteiger partial charge in [-0.3, -0.25) is 0 Å². The van der Waals surface area contributed by atoms with Gasteiger partial charge in [0.2, 0.25) is 0 Å². The lowest BCUT2D eigenvalue weighted by Gasteiger charge is -2.04. The monoisotopic (exact) mass is 172 g/mol. The minimum atomic E-state index is 1.12. The minimum Gasteiger partial charge on any atom is -0.0955 e. The summed E-state index contributed by atoms with van der Waals surface area (Å²) in [6.45, 7) is 10.1. The standard InChI is InChI=1S/C13H16/c1-5-6-12-7-8-13(10(2)3)9-11(12)4/h5-9H,2H2,1,3-4H3/b6-5-. The van der Waals surface area contributed by atoms with Crippen molar-refractivity contribution >= 4 is 11.6 Å². The molecule has 0 saturated heterocycles. The Hall–Kier alpha value is -1.30. The summed E-state index contributed by atoms with van der Waals surface area (Å²) >= 11 is 0. The predicted molar refractivity (Wildman–Crippen MR) is 60.6 cm³/mol. The quantitative estimate of drug-likeness (QED) is 0.631. The van der Waals surface area contributed by atoms with Crippen molar-refractivity contribution in [2.45, 2.75) is 20.8 Å². The summed E-state index contributed by atoms with van der Waals surface area (Å²) in [6.07, 6.45) is 4.18. The summed E-state index contributed by atoms with van der Waals surface area (Å²) in [5.41, 5.74) is 4.94. The Bertz CT molecular complexity index is 343. The van der Waals surface area contributed by atoms with Gasteiger partial charge in [-0.05, 0) is 37.5 Å². The third-order valence-electron chi connectivity index (χ3n) is 2.11. The van der Waals surface area contributed by atoms with E-state index in [0.717, 1.165) is 5.57 Å². The largest absolute Gasteiger partial charge is 0.0955 e. The highest BCUT2D eigenvalue weighted by Crippen LogP contribution is 2.17. The Kier molecular flexibility index (Phi) is 3.07. The molecule has 0 fully saturated rings. The zero-order chi connectivity index (χ0) is 9.84. The molecule has 0 bridgehead atoms. The number of hydrogen-bond acceptors (Lipinski definition) is 0. The molecule has 0 aliphatic rings. The fraction of sp³-hybridized carbons (Fsp3) is 0.231. The van der Waals surface area contributed by atoms with Gasteiger partial charge in [0.25, 0.3) is 0 Å². The number of allylic oxidation sites excluding steroid dienone is 2. The lowest BCUT2D eigenvalue weighted by atomic mass is 10.0. The lowest BCUT2D eigenvalue weighted by Crippen LogP contribution is -1.84. The van der Waals surface area contributed by atoms with Crippen LogP contribution < -0.4 is 0 Å². The van der Waals surface area contributed by atoms with E-state index in [0.29, 0.717) is 0 Å². The third kappa shape index (κ3) is 2.32. The van der Waals surface area contributed by atoms with Crippen LogP contribution in [-0.4, -0.2) is 0 Å². The highest BCUT2D eigenvalue weighted by Gasteiger charge is 1.96. The van der Waals surface area contributed by atoms with Crippen molar-refractivity contribution in [3.05, 3.63) is 47.5 Å². The fourth-order valence-electron chi connectivity index (χ4n) is 1.31. The van der Waals surface area contributed by atoms with Gasteiger partial charge >= 0.3 is 0 Å². The number of rotatable bonds is 2. The molecule has 68 valence electrons. The summed E-state index contributed by atoms with van der Waals surface area (Å²) in [6, 6.07) is 6.43. The van der Waals surface area contributed by atoms with E-state index in [1.54, 1.807) is 0 Å². The first-order valence-electron chi connectivity index (χ1n) is 4.54. The Balaban J connectivity index is 3.12. The zero-order valence-electron chi connectivity index (χ0n) is 8.59. The third-order valence-corrected chi connectivity index (χ3v) is 2.11. The van der Waals surface area contributed by atoms with Gasteiger partial charge in [-0.15, -0.1) is 0 Å². The second-order valence-corrected chi connectivity index (χ2v) is 3.35.